The SMILES string of the molecule is CN1C(=O)C[C@@H](N2CCN(C(=O)CN3CCCC3)CC2)C1=O. The maximum Gasteiger partial charge on any atom is 0.246 e. The molecule has 0 saturated carbocycles. The summed E-state index contributed by atoms with van der Waals surface area (Å²) in [5, 5.41) is 0. The summed E-state index contributed by atoms with van der Waals surface area (Å²) in [6, 6.07) is -0.326. The van der Waals surface area contributed by atoms with Gasteiger partial charge in [0.15, 0.2) is 0 Å². The molecule has 1 atom stereocenters. The van der Waals surface area contributed by atoms with Crippen LogP contribution in [0.15, 0.2) is 0 Å². The second kappa shape index (κ2) is 6.34. The average molecular weight is 308 g/mol. The number of hydrogen-bond acceptors (Lipinski definition) is 5. The highest BCUT2D eigenvalue weighted by molar-refractivity contribution is 6.05. The van der Waals surface area contributed by atoms with E-state index in [1.54, 1.807) is 7.05 Å². The molecule has 0 radical (unpaired) electrons. The number of imide groups is 1. The Hall–Kier alpha value is -1.47. The van der Waals surface area contributed by atoms with E-state index in [0.717, 1.165) is 13.1 Å². The van der Waals surface area contributed by atoms with Crippen molar-refractivity contribution >= 4 is 17.7 Å². The van der Waals surface area contributed by atoms with Crippen molar-refractivity contribution in [2.24, 2.45) is 0 Å². The summed E-state index contributed by atoms with van der Waals surface area (Å²) in [4.78, 5) is 43.3. The number of likely N-dealkylation sites (tertiary alicyclic amines) is 2. The topological polar surface area (TPSA) is 64.2 Å². The molecule has 0 aromatic heterocycles. The van der Waals surface area contributed by atoms with Gasteiger partial charge in [-0.25, -0.2) is 0 Å². The first-order valence-electron chi connectivity index (χ1n) is 8.11. The Kier molecular flexibility index (Phi) is 4.44. The fourth-order valence-corrected chi connectivity index (χ4v) is 3.54. The van der Waals surface area contributed by atoms with Gasteiger partial charge in [-0.15, -0.1) is 0 Å². The third kappa shape index (κ3) is 3.01. The lowest BCUT2D eigenvalue weighted by Crippen LogP contribution is -2.54. The van der Waals surface area contributed by atoms with E-state index in [-0.39, 0.29) is 30.2 Å². The van der Waals surface area contributed by atoms with Crippen LogP contribution in [0.25, 0.3) is 0 Å². The van der Waals surface area contributed by atoms with Gasteiger partial charge >= 0.3 is 0 Å². The first-order chi connectivity index (χ1) is 10.6. The van der Waals surface area contributed by atoms with E-state index >= 15 is 0 Å². The second-order valence-corrected chi connectivity index (χ2v) is 6.41. The summed E-state index contributed by atoms with van der Waals surface area (Å²) in [5.41, 5.74) is 0. The summed E-state index contributed by atoms with van der Waals surface area (Å²) in [7, 11) is 1.54. The van der Waals surface area contributed by atoms with Crippen LogP contribution in [-0.4, -0.2) is 96.2 Å². The van der Waals surface area contributed by atoms with Gasteiger partial charge in [0.2, 0.25) is 17.7 Å². The van der Waals surface area contributed by atoms with Crippen LogP contribution in [0.2, 0.25) is 0 Å². The molecule has 3 heterocycles. The highest BCUT2D eigenvalue weighted by Crippen LogP contribution is 2.19. The lowest BCUT2D eigenvalue weighted by molar-refractivity contribution is -0.138. The van der Waals surface area contributed by atoms with Gasteiger partial charge in [-0.3, -0.25) is 29.1 Å². The molecule has 0 bridgehead atoms. The van der Waals surface area contributed by atoms with Crippen LogP contribution in [-0.2, 0) is 14.4 Å². The third-order valence-electron chi connectivity index (χ3n) is 5.02. The van der Waals surface area contributed by atoms with Gasteiger partial charge in [-0.2, -0.15) is 0 Å². The van der Waals surface area contributed by atoms with Crippen LogP contribution in [0, 0.1) is 0 Å². The normalized spacial score (nSPS) is 28.0. The molecule has 122 valence electrons. The van der Waals surface area contributed by atoms with E-state index in [1.165, 1.54) is 17.7 Å². The summed E-state index contributed by atoms with van der Waals surface area (Å²) < 4.78 is 0. The lowest BCUT2D eigenvalue weighted by Gasteiger charge is -2.37. The Balaban J connectivity index is 1.49. The Labute approximate surface area is 130 Å². The van der Waals surface area contributed by atoms with Gasteiger partial charge in [0.25, 0.3) is 0 Å². The number of piperazine rings is 1. The highest BCUT2D eigenvalue weighted by Gasteiger charge is 2.40. The van der Waals surface area contributed by atoms with Crippen molar-refractivity contribution in [3.63, 3.8) is 0 Å². The Morgan fingerprint density at radius 1 is 1.05 bits per heavy atom. The minimum Gasteiger partial charge on any atom is -0.339 e. The van der Waals surface area contributed by atoms with Crippen molar-refractivity contribution in [3.05, 3.63) is 0 Å². The maximum atomic E-state index is 12.3. The van der Waals surface area contributed by atoms with Crippen molar-refractivity contribution in [1.29, 1.82) is 0 Å². The van der Waals surface area contributed by atoms with Crippen LogP contribution in [0.3, 0.4) is 0 Å². The fraction of sp³-hybridized carbons (Fsp3) is 0.800. The Morgan fingerprint density at radius 3 is 2.23 bits per heavy atom. The van der Waals surface area contributed by atoms with Gasteiger partial charge < -0.3 is 4.90 Å². The van der Waals surface area contributed by atoms with Crippen molar-refractivity contribution < 1.29 is 14.4 Å². The predicted octanol–water partition coefficient (Wildman–Crippen LogP) is -1.02. The quantitative estimate of drug-likeness (QED) is 0.625. The molecule has 0 aliphatic carbocycles. The number of carbonyl (C=O) groups excluding carboxylic acids is 3. The van der Waals surface area contributed by atoms with E-state index in [1.807, 2.05) is 9.80 Å². The number of nitrogens with zero attached hydrogens (tertiary/aromatic N) is 4. The molecular formula is C15H24N4O3. The van der Waals surface area contributed by atoms with Gasteiger partial charge in [-0.05, 0) is 25.9 Å². The summed E-state index contributed by atoms with van der Waals surface area (Å²) in [6.45, 7) is 5.20. The molecule has 0 unspecified atom stereocenters. The molecule has 3 fully saturated rings. The zero-order valence-electron chi connectivity index (χ0n) is 13.2. The predicted molar refractivity (Wildman–Crippen MR) is 80.0 cm³/mol. The molecular weight excluding hydrogens is 284 g/mol. The molecule has 0 aromatic carbocycles. The smallest absolute Gasteiger partial charge is 0.246 e. The summed E-state index contributed by atoms with van der Waals surface area (Å²) >= 11 is 0. The summed E-state index contributed by atoms with van der Waals surface area (Å²) in [5.74, 6) is -0.0307. The zero-order valence-corrected chi connectivity index (χ0v) is 13.2. The van der Waals surface area contributed by atoms with Crippen LogP contribution in [0.4, 0.5) is 0 Å². The number of hydrogen-bond donors (Lipinski definition) is 0. The molecule has 0 spiro atoms. The largest absolute Gasteiger partial charge is 0.339 e. The minimum atomic E-state index is -0.326. The standard InChI is InChI=1S/C15H24N4O3/c1-16-13(20)10-12(15(16)22)18-6-8-19(9-7-18)14(21)11-17-4-2-3-5-17/h12H,2-11H2,1H3/t12-/m1/s1. The van der Waals surface area contributed by atoms with E-state index in [0.29, 0.717) is 32.7 Å². The minimum absolute atomic E-state index is 0.109. The van der Waals surface area contributed by atoms with Crippen LogP contribution >= 0.6 is 0 Å². The molecule has 3 aliphatic heterocycles. The van der Waals surface area contributed by atoms with Crippen LogP contribution in [0.5, 0.6) is 0 Å². The number of rotatable bonds is 3. The van der Waals surface area contributed by atoms with E-state index in [2.05, 4.69) is 4.90 Å². The molecule has 7 heteroatoms. The molecule has 7 nitrogen and oxygen atoms in total. The molecule has 22 heavy (non-hydrogen) atoms. The van der Waals surface area contributed by atoms with Crippen molar-refractivity contribution in [3.8, 4) is 0 Å². The first kappa shape index (κ1) is 15.4. The molecule has 3 aliphatic rings. The highest BCUT2D eigenvalue weighted by atomic mass is 16.2. The Bertz CT molecular complexity index is 467. The number of amides is 3. The van der Waals surface area contributed by atoms with Crippen LogP contribution < -0.4 is 0 Å². The maximum absolute atomic E-state index is 12.3. The molecule has 0 aromatic rings. The lowest BCUT2D eigenvalue weighted by atomic mass is 10.1. The first-order valence-corrected chi connectivity index (χ1v) is 8.11. The molecule has 3 saturated heterocycles. The van der Waals surface area contributed by atoms with E-state index in [9.17, 15) is 14.4 Å². The van der Waals surface area contributed by atoms with Gasteiger partial charge in [0.1, 0.15) is 0 Å². The van der Waals surface area contributed by atoms with Gasteiger partial charge in [-0.1, -0.05) is 0 Å². The zero-order chi connectivity index (χ0) is 15.7. The molecule has 0 N–H and O–H groups in total. The third-order valence-corrected chi connectivity index (χ3v) is 5.02. The van der Waals surface area contributed by atoms with Crippen molar-refractivity contribution in [2.45, 2.75) is 25.3 Å². The fourth-order valence-electron chi connectivity index (χ4n) is 3.54. The number of likely N-dealkylation sites (N-methyl/N-ethyl adjacent to an activating group) is 1. The summed E-state index contributed by atoms with van der Waals surface area (Å²) in [6.07, 6.45) is 2.65. The van der Waals surface area contributed by atoms with E-state index in [4.69, 9.17) is 0 Å². The second-order valence-electron chi connectivity index (χ2n) is 6.41. The monoisotopic (exact) mass is 308 g/mol. The van der Waals surface area contributed by atoms with Crippen LogP contribution in [0.1, 0.15) is 19.3 Å². The van der Waals surface area contributed by atoms with Gasteiger partial charge in [0.05, 0.1) is 19.0 Å². The Morgan fingerprint density at radius 2 is 1.68 bits per heavy atom. The molecule has 3 amide bonds. The molecule has 3 rings (SSSR count). The van der Waals surface area contributed by atoms with E-state index < -0.39 is 0 Å². The van der Waals surface area contributed by atoms with Gasteiger partial charge in [0, 0.05) is 33.2 Å². The van der Waals surface area contributed by atoms with Crippen molar-refractivity contribution in [1.82, 2.24) is 19.6 Å². The van der Waals surface area contributed by atoms with Crippen molar-refractivity contribution in [2.75, 3.05) is 52.9 Å². The number of carbonyl (C=O) groups is 3. The average Bonchev–Trinajstić information content (AvgIpc) is 3.12.